The van der Waals surface area contributed by atoms with E-state index in [1.54, 1.807) is 19.1 Å². The van der Waals surface area contributed by atoms with Gasteiger partial charge in [-0.05, 0) is 6.42 Å². The number of carbonyl (C=O) groups excluding carboxylic acids is 1. The van der Waals surface area contributed by atoms with Crippen LogP contribution in [0.5, 0.6) is 0 Å². The molecule has 1 fully saturated rings. The molecule has 1 rings (SSSR count). The third kappa shape index (κ3) is 5.86. The van der Waals surface area contributed by atoms with Gasteiger partial charge in [0.05, 0.1) is 19.8 Å². The van der Waals surface area contributed by atoms with Crippen molar-refractivity contribution in [3.05, 3.63) is 0 Å². The van der Waals surface area contributed by atoms with E-state index in [1.807, 2.05) is 0 Å². The van der Waals surface area contributed by atoms with Crippen LogP contribution in [0.4, 0.5) is 4.79 Å². The van der Waals surface area contributed by atoms with Gasteiger partial charge in [0.25, 0.3) is 0 Å². The van der Waals surface area contributed by atoms with E-state index in [4.69, 9.17) is 19.3 Å². The largest absolute Gasteiger partial charge is 0.479 e. The van der Waals surface area contributed by atoms with Crippen LogP contribution in [0.2, 0.25) is 0 Å². The van der Waals surface area contributed by atoms with E-state index in [1.165, 1.54) is 4.90 Å². The van der Waals surface area contributed by atoms with Crippen molar-refractivity contribution in [2.45, 2.75) is 12.5 Å². The van der Waals surface area contributed by atoms with Gasteiger partial charge < -0.3 is 29.1 Å². The number of carboxylic acid groups (broad SMARTS) is 1. The quantitative estimate of drug-likeness (QED) is 0.629. The van der Waals surface area contributed by atoms with Gasteiger partial charge in [-0.25, -0.2) is 9.59 Å². The Kier molecular flexibility index (Phi) is 8.03. The fourth-order valence-corrected chi connectivity index (χ4v) is 2.08. The number of methoxy groups -OCH3 is 2. The van der Waals surface area contributed by atoms with E-state index in [0.717, 1.165) is 6.42 Å². The molecule has 0 saturated carbocycles. The molecule has 122 valence electrons. The zero-order valence-corrected chi connectivity index (χ0v) is 12.6. The highest BCUT2D eigenvalue weighted by Crippen LogP contribution is 2.09. The number of carbonyl (C=O) groups is 2. The molecule has 21 heavy (non-hydrogen) atoms. The van der Waals surface area contributed by atoms with Crippen molar-refractivity contribution in [1.82, 2.24) is 9.80 Å². The maximum atomic E-state index is 12.5. The summed E-state index contributed by atoms with van der Waals surface area (Å²) in [6.45, 7) is 2.72. The number of morpholine rings is 1. The second kappa shape index (κ2) is 9.54. The highest BCUT2D eigenvalue weighted by Gasteiger charge is 2.31. The van der Waals surface area contributed by atoms with Gasteiger partial charge in [-0.15, -0.1) is 0 Å². The minimum Gasteiger partial charge on any atom is -0.479 e. The molecule has 0 aromatic heterocycles. The molecule has 2 amide bonds. The van der Waals surface area contributed by atoms with Gasteiger partial charge in [-0.3, -0.25) is 0 Å². The number of amides is 2. The lowest BCUT2D eigenvalue weighted by Crippen LogP contribution is -2.53. The van der Waals surface area contributed by atoms with Crippen LogP contribution in [0.15, 0.2) is 0 Å². The fourth-order valence-electron chi connectivity index (χ4n) is 2.08. The summed E-state index contributed by atoms with van der Waals surface area (Å²) in [6.07, 6.45) is -0.232. The molecule has 0 aromatic rings. The van der Waals surface area contributed by atoms with Gasteiger partial charge in [0.1, 0.15) is 0 Å². The molecule has 0 radical (unpaired) electrons. The average Bonchev–Trinajstić information content (AvgIpc) is 2.50. The standard InChI is InChI=1S/C13H24N2O6/c1-19-7-3-4-14(5-8-20-2)13(18)15-6-9-21-11(10-15)12(16)17/h11H,3-10H2,1-2H3,(H,16,17). The summed E-state index contributed by atoms with van der Waals surface area (Å²) in [5.41, 5.74) is 0. The molecule has 1 saturated heterocycles. The topological polar surface area (TPSA) is 88.5 Å². The van der Waals surface area contributed by atoms with Crippen molar-refractivity contribution in [1.29, 1.82) is 0 Å². The predicted octanol–water partition coefficient (Wildman–Crippen LogP) is -0.123. The number of ether oxygens (including phenoxy) is 3. The Bertz CT molecular complexity index is 339. The lowest BCUT2D eigenvalue weighted by atomic mass is 10.3. The zero-order chi connectivity index (χ0) is 15.7. The fraction of sp³-hybridized carbons (Fsp3) is 0.846. The highest BCUT2D eigenvalue weighted by atomic mass is 16.5. The van der Waals surface area contributed by atoms with E-state index >= 15 is 0 Å². The van der Waals surface area contributed by atoms with Crippen LogP contribution in [0, 0.1) is 0 Å². The third-order valence-electron chi connectivity index (χ3n) is 3.22. The van der Waals surface area contributed by atoms with Gasteiger partial charge in [0.2, 0.25) is 0 Å². The molecule has 8 heteroatoms. The Balaban J connectivity index is 2.57. The van der Waals surface area contributed by atoms with Crippen molar-refractivity contribution >= 4 is 12.0 Å². The molecule has 1 unspecified atom stereocenters. The summed E-state index contributed by atoms with van der Waals surface area (Å²) in [6, 6.07) is -0.183. The Morgan fingerprint density at radius 1 is 1.29 bits per heavy atom. The van der Waals surface area contributed by atoms with E-state index in [-0.39, 0.29) is 19.2 Å². The summed E-state index contributed by atoms with van der Waals surface area (Å²) >= 11 is 0. The zero-order valence-electron chi connectivity index (χ0n) is 12.6. The van der Waals surface area contributed by atoms with Gasteiger partial charge in [-0.1, -0.05) is 0 Å². The minimum absolute atomic E-state index is 0.0714. The van der Waals surface area contributed by atoms with Crippen LogP contribution in [-0.2, 0) is 19.0 Å². The first-order chi connectivity index (χ1) is 10.1. The molecule has 0 bridgehead atoms. The molecule has 1 atom stereocenters. The minimum atomic E-state index is -1.05. The number of rotatable bonds is 8. The van der Waals surface area contributed by atoms with E-state index in [9.17, 15) is 9.59 Å². The lowest BCUT2D eigenvalue weighted by Gasteiger charge is -2.35. The first-order valence-electron chi connectivity index (χ1n) is 6.96. The van der Waals surface area contributed by atoms with Crippen molar-refractivity contribution in [3.63, 3.8) is 0 Å². The number of urea groups is 1. The van der Waals surface area contributed by atoms with Crippen LogP contribution in [0.25, 0.3) is 0 Å². The SMILES string of the molecule is COCCCN(CCOC)C(=O)N1CCOC(C(=O)O)C1. The molecule has 1 N–H and O–H groups in total. The Labute approximate surface area is 124 Å². The summed E-state index contributed by atoms with van der Waals surface area (Å²) in [5, 5.41) is 8.98. The molecule has 1 aliphatic rings. The van der Waals surface area contributed by atoms with Crippen molar-refractivity contribution in [2.75, 3.05) is 60.2 Å². The molecular weight excluding hydrogens is 280 g/mol. The van der Waals surface area contributed by atoms with E-state index in [0.29, 0.717) is 32.8 Å². The van der Waals surface area contributed by atoms with Gasteiger partial charge in [-0.2, -0.15) is 0 Å². The monoisotopic (exact) mass is 304 g/mol. The summed E-state index contributed by atoms with van der Waals surface area (Å²) < 4.78 is 15.1. The van der Waals surface area contributed by atoms with Gasteiger partial charge in [0, 0.05) is 40.5 Å². The maximum Gasteiger partial charge on any atom is 0.334 e. The van der Waals surface area contributed by atoms with Gasteiger partial charge >= 0.3 is 12.0 Å². The normalized spacial score (nSPS) is 18.6. The third-order valence-corrected chi connectivity index (χ3v) is 3.22. The first kappa shape index (κ1) is 17.7. The molecular formula is C13H24N2O6. The van der Waals surface area contributed by atoms with Crippen LogP contribution in [-0.4, -0.2) is 93.2 Å². The van der Waals surface area contributed by atoms with Crippen LogP contribution >= 0.6 is 0 Å². The Morgan fingerprint density at radius 2 is 2.00 bits per heavy atom. The number of carboxylic acids is 1. The molecule has 0 spiro atoms. The van der Waals surface area contributed by atoms with Crippen LogP contribution in [0.1, 0.15) is 6.42 Å². The van der Waals surface area contributed by atoms with Crippen molar-refractivity contribution in [2.24, 2.45) is 0 Å². The second-order valence-corrected chi connectivity index (χ2v) is 4.75. The summed E-state index contributed by atoms with van der Waals surface area (Å²) in [5.74, 6) is -1.05. The summed E-state index contributed by atoms with van der Waals surface area (Å²) in [7, 11) is 3.19. The number of hydrogen-bond donors (Lipinski definition) is 1. The van der Waals surface area contributed by atoms with Crippen LogP contribution in [0.3, 0.4) is 0 Å². The number of aliphatic carboxylic acids is 1. The number of hydrogen-bond acceptors (Lipinski definition) is 5. The van der Waals surface area contributed by atoms with Gasteiger partial charge in [0.15, 0.2) is 6.10 Å². The second-order valence-electron chi connectivity index (χ2n) is 4.75. The van der Waals surface area contributed by atoms with E-state index < -0.39 is 12.1 Å². The van der Waals surface area contributed by atoms with Crippen molar-refractivity contribution in [3.8, 4) is 0 Å². The number of nitrogens with zero attached hydrogens (tertiary/aromatic N) is 2. The predicted molar refractivity (Wildman–Crippen MR) is 74.3 cm³/mol. The highest BCUT2D eigenvalue weighted by molar-refractivity contribution is 5.77. The smallest absolute Gasteiger partial charge is 0.334 e. The van der Waals surface area contributed by atoms with E-state index in [2.05, 4.69) is 0 Å². The van der Waals surface area contributed by atoms with Crippen molar-refractivity contribution < 1.29 is 28.9 Å². The maximum absolute atomic E-state index is 12.5. The average molecular weight is 304 g/mol. The van der Waals surface area contributed by atoms with Crippen LogP contribution < -0.4 is 0 Å². The first-order valence-corrected chi connectivity index (χ1v) is 6.96. The molecule has 1 heterocycles. The summed E-state index contributed by atoms with van der Waals surface area (Å²) in [4.78, 5) is 26.6. The Hall–Kier alpha value is -1.38. The molecule has 0 aliphatic carbocycles. The molecule has 1 aliphatic heterocycles. The molecule has 8 nitrogen and oxygen atoms in total. The lowest BCUT2D eigenvalue weighted by molar-refractivity contribution is -0.154. The Morgan fingerprint density at radius 3 is 2.62 bits per heavy atom. The molecule has 0 aromatic carbocycles.